The number of halogens is 1. The molecule has 4 rings (SSSR count). The number of methoxy groups -OCH3 is 2. The van der Waals surface area contributed by atoms with Gasteiger partial charge in [-0.3, -0.25) is 4.98 Å². The number of nitrogens with one attached hydrogen (secondary N) is 1. The molecule has 0 spiro atoms. The second-order valence-electron chi connectivity index (χ2n) is 6.45. The molecule has 0 atom stereocenters. The highest BCUT2D eigenvalue weighted by Crippen LogP contribution is 2.35. The Hall–Kier alpha value is -3.36. The molecule has 8 nitrogen and oxygen atoms in total. The van der Waals surface area contributed by atoms with Crippen molar-refractivity contribution in [1.29, 1.82) is 0 Å². The molecule has 4 aromatic rings. The molecule has 0 saturated carbocycles. The Bertz CT molecular complexity index is 1220. The van der Waals surface area contributed by atoms with Gasteiger partial charge in [-0.05, 0) is 24.3 Å². The number of pyridine rings is 1. The Balaban J connectivity index is 1.81. The highest BCUT2D eigenvalue weighted by Gasteiger charge is 2.14. The van der Waals surface area contributed by atoms with Gasteiger partial charge in [0, 0.05) is 35.5 Å². The summed E-state index contributed by atoms with van der Waals surface area (Å²) >= 11 is 6.06. The summed E-state index contributed by atoms with van der Waals surface area (Å²) in [6.07, 6.45) is 1.65. The molecule has 30 heavy (non-hydrogen) atoms. The van der Waals surface area contributed by atoms with E-state index in [1.54, 1.807) is 32.5 Å². The SMILES string of the molecule is COCCOc1cc2ncc3c(N)nc(Nc4cccc(Cl)c4)nc3c2cc1OC. The summed E-state index contributed by atoms with van der Waals surface area (Å²) in [7, 11) is 3.20. The van der Waals surface area contributed by atoms with Crippen molar-refractivity contribution in [3.05, 3.63) is 47.6 Å². The van der Waals surface area contributed by atoms with Gasteiger partial charge in [0.25, 0.3) is 0 Å². The molecule has 0 fully saturated rings. The van der Waals surface area contributed by atoms with Crippen LogP contribution in [-0.4, -0.2) is 42.4 Å². The van der Waals surface area contributed by atoms with E-state index in [1.165, 1.54) is 0 Å². The minimum absolute atomic E-state index is 0.318. The van der Waals surface area contributed by atoms with E-state index in [1.807, 2.05) is 24.3 Å². The van der Waals surface area contributed by atoms with Crippen LogP contribution in [0.25, 0.3) is 21.8 Å². The monoisotopic (exact) mass is 425 g/mol. The fraction of sp³-hybridized carbons (Fsp3) is 0.190. The minimum atomic E-state index is 0.318. The lowest BCUT2D eigenvalue weighted by molar-refractivity contribution is 0.144. The van der Waals surface area contributed by atoms with Crippen LogP contribution in [-0.2, 0) is 4.74 Å². The van der Waals surface area contributed by atoms with Crippen LogP contribution in [0.1, 0.15) is 0 Å². The van der Waals surface area contributed by atoms with Crippen molar-refractivity contribution in [3.63, 3.8) is 0 Å². The van der Waals surface area contributed by atoms with Crippen LogP contribution in [0.3, 0.4) is 0 Å². The van der Waals surface area contributed by atoms with Gasteiger partial charge in [0.1, 0.15) is 12.4 Å². The minimum Gasteiger partial charge on any atom is -0.493 e. The summed E-state index contributed by atoms with van der Waals surface area (Å²) in [5.74, 6) is 1.81. The van der Waals surface area contributed by atoms with Crippen LogP contribution in [0.4, 0.5) is 17.5 Å². The van der Waals surface area contributed by atoms with Crippen LogP contribution in [0.15, 0.2) is 42.6 Å². The van der Waals surface area contributed by atoms with Gasteiger partial charge in [-0.2, -0.15) is 4.98 Å². The lowest BCUT2D eigenvalue weighted by Crippen LogP contribution is -2.06. The maximum atomic E-state index is 6.19. The Morgan fingerprint density at radius 1 is 1.03 bits per heavy atom. The molecule has 0 unspecified atom stereocenters. The molecule has 0 amide bonds. The van der Waals surface area contributed by atoms with Gasteiger partial charge >= 0.3 is 0 Å². The van der Waals surface area contributed by atoms with Gasteiger partial charge in [0.2, 0.25) is 5.95 Å². The fourth-order valence-electron chi connectivity index (χ4n) is 3.06. The Kier molecular flexibility index (Phi) is 5.69. The van der Waals surface area contributed by atoms with Gasteiger partial charge in [-0.25, -0.2) is 4.98 Å². The molecular weight excluding hydrogens is 406 g/mol. The van der Waals surface area contributed by atoms with Crippen molar-refractivity contribution in [3.8, 4) is 11.5 Å². The Labute approximate surface area is 178 Å². The molecule has 154 valence electrons. The van der Waals surface area contributed by atoms with Crippen molar-refractivity contribution in [2.75, 3.05) is 38.5 Å². The maximum Gasteiger partial charge on any atom is 0.229 e. The highest BCUT2D eigenvalue weighted by molar-refractivity contribution is 6.30. The van der Waals surface area contributed by atoms with Crippen LogP contribution in [0.5, 0.6) is 11.5 Å². The molecule has 9 heteroatoms. The molecule has 2 aromatic carbocycles. The largest absolute Gasteiger partial charge is 0.493 e. The standard InChI is InChI=1S/C21H20ClN5O3/c1-28-6-7-30-18-10-16-14(9-17(18)29-2)19-15(11-24-16)20(23)27-21(26-19)25-13-5-3-4-12(22)8-13/h3-5,8-11H,6-7H2,1-2H3,(H3,23,25,26,27). The molecule has 0 aliphatic heterocycles. The number of nitrogens with zero attached hydrogens (tertiary/aromatic N) is 3. The Morgan fingerprint density at radius 2 is 1.90 bits per heavy atom. The number of nitrogens with two attached hydrogens (primary N) is 1. The second kappa shape index (κ2) is 8.56. The van der Waals surface area contributed by atoms with Crippen molar-refractivity contribution in [2.24, 2.45) is 0 Å². The van der Waals surface area contributed by atoms with Gasteiger partial charge in [-0.1, -0.05) is 17.7 Å². The smallest absolute Gasteiger partial charge is 0.229 e. The molecule has 0 bridgehead atoms. The van der Waals surface area contributed by atoms with Crippen LogP contribution < -0.4 is 20.5 Å². The van der Waals surface area contributed by atoms with E-state index in [9.17, 15) is 0 Å². The van der Waals surface area contributed by atoms with E-state index in [0.717, 1.165) is 11.1 Å². The Morgan fingerprint density at radius 3 is 2.67 bits per heavy atom. The van der Waals surface area contributed by atoms with E-state index in [0.29, 0.717) is 57.9 Å². The van der Waals surface area contributed by atoms with Crippen LogP contribution >= 0.6 is 11.6 Å². The van der Waals surface area contributed by atoms with Crippen molar-refractivity contribution in [2.45, 2.75) is 0 Å². The number of rotatable bonds is 7. The van der Waals surface area contributed by atoms with Crippen LogP contribution in [0.2, 0.25) is 5.02 Å². The van der Waals surface area contributed by atoms with Gasteiger partial charge in [0.15, 0.2) is 11.5 Å². The number of hydrogen-bond donors (Lipinski definition) is 2. The molecule has 0 radical (unpaired) electrons. The summed E-state index contributed by atoms with van der Waals surface area (Å²) in [5.41, 5.74) is 8.29. The van der Waals surface area contributed by atoms with E-state index < -0.39 is 0 Å². The molecule has 0 aliphatic rings. The third-order valence-electron chi connectivity index (χ3n) is 4.47. The molecular formula is C21H20ClN5O3. The summed E-state index contributed by atoms with van der Waals surface area (Å²) in [4.78, 5) is 13.5. The van der Waals surface area contributed by atoms with Gasteiger partial charge < -0.3 is 25.3 Å². The third-order valence-corrected chi connectivity index (χ3v) is 4.71. The zero-order chi connectivity index (χ0) is 21.1. The number of ether oxygens (including phenoxy) is 3. The quantitative estimate of drug-likeness (QED) is 0.335. The van der Waals surface area contributed by atoms with Crippen LogP contribution in [0, 0.1) is 0 Å². The molecule has 3 N–H and O–H groups in total. The first-order chi connectivity index (χ1) is 14.6. The zero-order valence-corrected chi connectivity index (χ0v) is 17.2. The number of fused-ring (bicyclic) bond motifs is 3. The fourth-order valence-corrected chi connectivity index (χ4v) is 3.25. The first kappa shape index (κ1) is 19.9. The van der Waals surface area contributed by atoms with Gasteiger partial charge in [-0.15, -0.1) is 0 Å². The summed E-state index contributed by atoms with van der Waals surface area (Å²) < 4.78 is 16.3. The number of aromatic nitrogens is 3. The average Bonchev–Trinajstić information content (AvgIpc) is 2.73. The molecule has 0 saturated heterocycles. The predicted molar refractivity (Wildman–Crippen MR) is 118 cm³/mol. The first-order valence-corrected chi connectivity index (χ1v) is 9.55. The van der Waals surface area contributed by atoms with E-state index >= 15 is 0 Å². The summed E-state index contributed by atoms with van der Waals surface area (Å²) in [6.45, 7) is 0.864. The predicted octanol–water partition coefficient (Wildman–Crippen LogP) is 4.19. The lowest BCUT2D eigenvalue weighted by atomic mass is 10.1. The topological polar surface area (TPSA) is 104 Å². The van der Waals surface area contributed by atoms with Crippen molar-refractivity contribution >= 4 is 50.9 Å². The van der Waals surface area contributed by atoms with Gasteiger partial charge in [0.05, 0.1) is 30.1 Å². The number of anilines is 3. The normalized spacial score (nSPS) is 11.0. The number of nitrogen functional groups attached to an aromatic ring is 1. The maximum absolute atomic E-state index is 6.19. The molecule has 2 aromatic heterocycles. The molecule has 0 aliphatic carbocycles. The van der Waals surface area contributed by atoms with E-state index in [2.05, 4.69) is 20.3 Å². The average molecular weight is 426 g/mol. The summed E-state index contributed by atoms with van der Waals surface area (Å²) in [6, 6.07) is 10.9. The highest BCUT2D eigenvalue weighted by atomic mass is 35.5. The zero-order valence-electron chi connectivity index (χ0n) is 16.5. The number of hydrogen-bond acceptors (Lipinski definition) is 8. The molecule has 2 heterocycles. The number of benzene rings is 2. The van der Waals surface area contributed by atoms with E-state index in [-0.39, 0.29) is 0 Å². The third kappa shape index (κ3) is 4.00. The lowest BCUT2D eigenvalue weighted by Gasteiger charge is -2.13. The van der Waals surface area contributed by atoms with E-state index in [4.69, 9.17) is 31.5 Å². The van der Waals surface area contributed by atoms with Crippen molar-refractivity contribution in [1.82, 2.24) is 15.0 Å². The van der Waals surface area contributed by atoms with Crippen molar-refractivity contribution < 1.29 is 14.2 Å². The first-order valence-electron chi connectivity index (χ1n) is 9.17. The second-order valence-corrected chi connectivity index (χ2v) is 6.89. The summed E-state index contributed by atoms with van der Waals surface area (Å²) in [5, 5.41) is 5.16.